The Labute approximate surface area is 194 Å². The lowest BCUT2D eigenvalue weighted by molar-refractivity contribution is -0.117. The number of sulfonamides is 1. The van der Waals surface area contributed by atoms with Crippen LogP contribution in [0.5, 0.6) is 0 Å². The molecule has 7 heteroatoms. The molecular weight excluding hydrogens is 444 g/mol. The van der Waals surface area contributed by atoms with E-state index in [-0.39, 0.29) is 23.4 Å². The average Bonchev–Trinajstić information content (AvgIpc) is 3.08. The number of hydrogen-bond acceptors (Lipinski definition) is 3. The van der Waals surface area contributed by atoms with Crippen molar-refractivity contribution >= 4 is 38.9 Å². The lowest BCUT2D eigenvalue weighted by atomic mass is 10.1. The second-order valence-corrected chi connectivity index (χ2v) is 10.5. The van der Waals surface area contributed by atoms with E-state index in [2.05, 4.69) is 0 Å². The standard InChI is InChI=1S/C25H25ClN2O3S/c1-17-8-11-22(12-9-17)32(30,31)27(23-13-10-21(26)14-18(23)2)16-25(29)28-19(3)15-20-6-4-5-7-24(20)28/h4-14,19H,15-16H2,1-3H3. The minimum atomic E-state index is -3.98. The van der Waals surface area contributed by atoms with Gasteiger partial charge in [-0.1, -0.05) is 47.5 Å². The monoisotopic (exact) mass is 468 g/mol. The molecule has 0 saturated heterocycles. The van der Waals surface area contributed by atoms with Gasteiger partial charge in [-0.3, -0.25) is 9.10 Å². The third-order valence-corrected chi connectivity index (χ3v) is 7.80. The summed E-state index contributed by atoms with van der Waals surface area (Å²) in [5.41, 5.74) is 3.99. The van der Waals surface area contributed by atoms with Gasteiger partial charge in [-0.15, -0.1) is 0 Å². The average molecular weight is 469 g/mol. The molecule has 1 unspecified atom stereocenters. The van der Waals surface area contributed by atoms with Crippen LogP contribution in [-0.4, -0.2) is 26.9 Å². The molecule has 1 aliphatic heterocycles. The maximum absolute atomic E-state index is 13.7. The van der Waals surface area contributed by atoms with Crippen LogP contribution in [0.1, 0.15) is 23.6 Å². The van der Waals surface area contributed by atoms with Gasteiger partial charge in [0.05, 0.1) is 10.6 Å². The summed E-state index contributed by atoms with van der Waals surface area (Å²) < 4.78 is 28.6. The third kappa shape index (κ3) is 4.12. The molecule has 0 aromatic heterocycles. The Hall–Kier alpha value is -2.83. The minimum absolute atomic E-state index is 0.0462. The summed E-state index contributed by atoms with van der Waals surface area (Å²) in [7, 11) is -3.98. The van der Waals surface area contributed by atoms with E-state index < -0.39 is 10.0 Å². The van der Waals surface area contributed by atoms with E-state index >= 15 is 0 Å². The number of hydrogen-bond donors (Lipinski definition) is 0. The number of carbonyl (C=O) groups excluding carboxylic acids is 1. The summed E-state index contributed by atoms with van der Waals surface area (Å²) in [6, 6.07) is 19.3. The fourth-order valence-corrected chi connectivity index (χ4v) is 5.89. The summed E-state index contributed by atoms with van der Waals surface area (Å²) in [5.74, 6) is -0.271. The zero-order valence-electron chi connectivity index (χ0n) is 18.2. The van der Waals surface area contributed by atoms with Crippen molar-refractivity contribution in [2.75, 3.05) is 15.7 Å². The molecule has 0 bridgehead atoms. The first-order chi connectivity index (χ1) is 15.2. The summed E-state index contributed by atoms with van der Waals surface area (Å²) in [4.78, 5) is 15.4. The van der Waals surface area contributed by atoms with Crippen molar-refractivity contribution in [3.8, 4) is 0 Å². The topological polar surface area (TPSA) is 57.7 Å². The van der Waals surface area contributed by atoms with Crippen LogP contribution in [0.2, 0.25) is 5.02 Å². The highest BCUT2D eigenvalue weighted by molar-refractivity contribution is 7.92. The van der Waals surface area contributed by atoms with Crippen LogP contribution in [0.3, 0.4) is 0 Å². The normalized spacial score (nSPS) is 15.5. The first-order valence-corrected chi connectivity index (χ1v) is 12.3. The molecule has 3 aromatic carbocycles. The van der Waals surface area contributed by atoms with Crippen molar-refractivity contribution in [1.82, 2.24) is 0 Å². The fourth-order valence-electron chi connectivity index (χ4n) is 4.18. The molecule has 1 amide bonds. The molecule has 32 heavy (non-hydrogen) atoms. The number of rotatable bonds is 5. The van der Waals surface area contributed by atoms with E-state index in [4.69, 9.17) is 11.6 Å². The number of nitrogens with zero attached hydrogens (tertiary/aromatic N) is 2. The van der Waals surface area contributed by atoms with Crippen molar-refractivity contribution in [3.05, 3.63) is 88.4 Å². The second-order valence-electron chi connectivity index (χ2n) is 8.20. The van der Waals surface area contributed by atoms with Crippen LogP contribution in [0.25, 0.3) is 0 Å². The first-order valence-electron chi connectivity index (χ1n) is 10.4. The van der Waals surface area contributed by atoms with E-state index in [9.17, 15) is 13.2 Å². The highest BCUT2D eigenvalue weighted by Gasteiger charge is 2.35. The number of fused-ring (bicyclic) bond motifs is 1. The molecule has 0 spiro atoms. The highest BCUT2D eigenvalue weighted by atomic mass is 35.5. The van der Waals surface area contributed by atoms with Gasteiger partial charge in [0.25, 0.3) is 10.0 Å². The number of amides is 1. The Morgan fingerprint density at radius 2 is 1.75 bits per heavy atom. The quantitative estimate of drug-likeness (QED) is 0.521. The molecule has 0 fully saturated rings. The van der Waals surface area contributed by atoms with Gasteiger partial charge in [-0.25, -0.2) is 8.42 Å². The van der Waals surface area contributed by atoms with Gasteiger partial charge >= 0.3 is 0 Å². The van der Waals surface area contributed by atoms with Crippen molar-refractivity contribution < 1.29 is 13.2 Å². The molecule has 0 aliphatic carbocycles. The summed E-state index contributed by atoms with van der Waals surface area (Å²) >= 11 is 6.11. The van der Waals surface area contributed by atoms with E-state index in [0.29, 0.717) is 16.3 Å². The van der Waals surface area contributed by atoms with Crippen LogP contribution in [0, 0.1) is 13.8 Å². The molecule has 0 N–H and O–H groups in total. The molecule has 0 radical (unpaired) electrons. The Bertz CT molecular complexity index is 1270. The molecule has 1 aliphatic rings. The Morgan fingerprint density at radius 1 is 1.06 bits per heavy atom. The third-order valence-electron chi connectivity index (χ3n) is 5.79. The van der Waals surface area contributed by atoms with Gasteiger partial charge in [0.2, 0.25) is 5.91 Å². The highest BCUT2D eigenvalue weighted by Crippen LogP contribution is 2.34. The SMILES string of the molecule is Cc1ccc(S(=O)(=O)N(CC(=O)N2c3ccccc3CC2C)c2ccc(Cl)cc2C)cc1. The molecular formula is C25H25ClN2O3S. The van der Waals surface area contributed by atoms with Crippen molar-refractivity contribution in [3.63, 3.8) is 0 Å². The zero-order valence-corrected chi connectivity index (χ0v) is 19.8. The van der Waals surface area contributed by atoms with Crippen molar-refractivity contribution in [2.45, 2.75) is 38.1 Å². The maximum atomic E-state index is 13.7. The fraction of sp³-hybridized carbons (Fsp3) is 0.240. The van der Waals surface area contributed by atoms with Crippen LogP contribution in [0.4, 0.5) is 11.4 Å². The number of halogens is 1. The predicted molar refractivity (Wildman–Crippen MR) is 129 cm³/mol. The molecule has 0 saturated carbocycles. The molecule has 3 aromatic rings. The Balaban J connectivity index is 1.76. The molecule has 166 valence electrons. The van der Waals surface area contributed by atoms with Gasteiger partial charge in [0.1, 0.15) is 6.54 Å². The predicted octanol–water partition coefficient (Wildman–Crippen LogP) is 5.13. The maximum Gasteiger partial charge on any atom is 0.264 e. The van der Waals surface area contributed by atoms with Crippen LogP contribution in [-0.2, 0) is 21.2 Å². The smallest absolute Gasteiger partial charge is 0.264 e. The van der Waals surface area contributed by atoms with Gasteiger partial charge in [-0.05, 0) is 74.7 Å². The number of carbonyl (C=O) groups is 1. The van der Waals surface area contributed by atoms with Crippen LogP contribution in [0.15, 0.2) is 71.6 Å². The van der Waals surface area contributed by atoms with E-state index in [1.165, 1.54) is 4.31 Å². The molecule has 1 atom stereocenters. The van der Waals surface area contributed by atoms with Crippen LogP contribution < -0.4 is 9.21 Å². The number of anilines is 2. The summed E-state index contributed by atoms with van der Waals surface area (Å²) in [6.07, 6.45) is 0.743. The molecule has 1 heterocycles. The van der Waals surface area contributed by atoms with Gasteiger partial charge in [0, 0.05) is 16.8 Å². The largest absolute Gasteiger partial charge is 0.307 e. The second kappa shape index (κ2) is 8.60. The number of benzene rings is 3. The van der Waals surface area contributed by atoms with Crippen molar-refractivity contribution in [1.29, 1.82) is 0 Å². The molecule has 5 nitrogen and oxygen atoms in total. The molecule has 4 rings (SSSR count). The lowest BCUT2D eigenvalue weighted by Crippen LogP contribution is -2.45. The van der Waals surface area contributed by atoms with Crippen LogP contribution >= 0.6 is 11.6 Å². The number of aryl methyl sites for hydroxylation is 2. The first kappa shape index (κ1) is 22.4. The van der Waals surface area contributed by atoms with E-state index in [1.807, 2.05) is 38.1 Å². The summed E-state index contributed by atoms with van der Waals surface area (Å²) in [5, 5.41) is 0.507. The van der Waals surface area contributed by atoms with Gasteiger partial charge in [0.15, 0.2) is 0 Å². The van der Waals surface area contributed by atoms with E-state index in [0.717, 1.165) is 23.2 Å². The van der Waals surface area contributed by atoms with Gasteiger partial charge < -0.3 is 4.90 Å². The zero-order chi connectivity index (χ0) is 23.0. The Kier molecular flexibility index (Phi) is 6.01. The van der Waals surface area contributed by atoms with Crippen molar-refractivity contribution in [2.24, 2.45) is 0 Å². The minimum Gasteiger partial charge on any atom is -0.307 e. The Morgan fingerprint density at radius 3 is 2.44 bits per heavy atom. The van der Waals surface area contributed by atoms with E-state index in [1.54, 1.807) is 54.3 Å². The number of para-hydroxylation sites is 1. The lowest BCUT2D eigenvalue weighted by Gasteiger charge is -2.29. The summed E-state index contributed by atoms with van der Waals surface area (Å²) in [6.45, 7) is 5.35. The van der Waals surface area contributed by atoms with Gasteiger partial charge in [-0.2, -0.15) is 0 Å².